The molecule has 2 aliphatic heterocycles. The van der Waals surface area contributed by atoms with Gasteiger partial charge in [0.15, 0.2) is 5.82 Å². The molecule has 0 unspecified atom stereocenters. The SMILES string of the molecule is CC(C)(C)c1ccc(N2c3cc(-c4nc(-c5ccccc5)nc5ccccc45)cc4c3B(c3c2ccc2ccccc32)c2c(ccc3ccccc23)N4c2ccc(C(C)(C)C)cc2)cc1. The molecule has 1 aromatic heterocycles. The van der Waals surface area contributed by atoms with E-state index in [1.165, 1.54) is 60.4 Å². The molecule has 3 heterocycles. The lowest BCUT2D eigenvalue weighted by molar-refractivity contribution is 0.590. The Bertz CT molecular complexity index is 3340. The van der Waals surface area contributed by atoms with Crippen LogP contribution in [0.25, 0.3) is 55.1 Å². The predicted octanol–water partition coefficient (Wildman–Crippen LogP) is 13.9. The van der Waals surface area contributed by atoms with E-state index in [2.05, 4.69) is 233 Å². The summed E-state index contributed by atoms with van der Waals surface area (Å²) < 4.78 is 0. The second kappa shape index (κ2) is 14.5. The van der Waals surface area contributed by atoms with Gasteiger partial charge in [-0.05, 0) is 114 Å². The largest absolute Gasteiger partial charge is 0.311 e. The Balaban J connectivity index is 1.24. The lowest BCUT2D eigenvalue weighted by Gasteiger charge is -2.45. The Hall–Kier alpha value is -7.50. The van der Waals surface area contributed by atoms with Gasteiger partial charge in [0, 0.05) is 50.6 Å². The minimum absolute atomic E-state index is 0.0110. The molecule has 9 aromatic carbocycles. The molecule has 312 valence electrons. The van der Waals surface area contributed by atoms with E-state index in [0.29, 0.717) is 5.82 Å². The first-order chi connectivity index (χ1) is 31.5. The van der Waals surface area contributed by atoms with Crippen LogP contribution in [0.1, 0.15) is 52.7 Å². The van der Waals surface area contributed by atoms with E-state index in [-0.39, 0.29) is 17.5 Å². The van der Waals surface area contributed by atoms with Crippen LogP contribution in [-0.2, 0) is 10.8 Å². The van der Waals surface area contributed by atoms with Gasteiger partial charge in [-0.15, -0.1) is 0 Å². The molecule has 12 rings (SSSR count). The minimum Gasteiger partial charge on any atom is -0.311 e. The molecule has 0 N–H and O–H groups in total. The first kappa shape index (κ1) is 39.1. The monoisotopic (exact) mass is 836 g/mol. The van der Waals surface area contributed by atoms with Gasteiger partial charge >= 0.3 is 0 Å². The van der Waals surface area contributed by atoms with Crippen molar-refractivity contribution < 1.29 is 0 Å². The predicted molar refractivity (Wildman–Crippen MR) is 277 cm³/mol. The third kappa shape index (κ3) is 6.28. The highest BCUT2D eigenvalue weighted by atomic mass is 15.2. The maximum Gasteiger partial charge on any atom is 0.253 e. The Labute approximate surface area is 382 Å². The van der Waals surface area contributed by atoms with Crippen LogP contribution in [0.2, 0.25) is 0 Å². The molecule has 0 spiro atoms. The van der Waals surface area contributed by atoms with Crippen molar-refractivity contribution >= 4 is 89.7 Å². The molecule has 0 radical (unpaired) electrons. The number of rotatable bonds is 4. The summed E-state index contributed by atoms with van der Waals surface area (Å²) in [5.74, 6) is 0.710. The minimum atomic E-state index is -0.0755. The molecule has 4 nitrogen and oxygen atoms in total. The Morgan fingerprint density at radius 1 is 0.385 bits per heavy atom. The lowest BCUT2D eigenvalue weighted by atomic mass is 9.32. The van der Waals surface area contributed by atoms with E-state index in [9.17, 15) is 0 Å². The van der Waals surface area contributed by atoms with Gasteiger partial charge in [-0.1, -0.05) is 175 Å². The van der Waals surface area contributed by atoms with Crippen molar-refractivity contribution in [2.24, 2.45) is 0 Å². The van der Waals surface area contributed by atoms with Crippen LogP contribution >= 0.6 is 0 Å². The third-order valence-corrected chi connectivity index (χ3v) is 13.8. The molecular formula is C60H49BN4. The summed E-state index contributed by atoms with van der Waals surface area (Å²) in [7, 11) is 0. The summed E-state index contributed by atoms with van der Waals surface area (Å²) >= 11 is 0. The van der Waals surface area contributed by atoms with Crippen LogP contribution in [0.3, 0.4) is 0 Å². The van der Waals surface area contributed by atoms with Crippen molar-refractivity contribution in [3.05, 3.63) is 199 Å². The summed E-state index contributed by atoms with van der Waals surface area (Å²) in [6.07, 6.45) is 0. The standard InChI is InChI=1S/C60H49BN4/c1-59(2,3)42-26-30-44(31-27-42)64-50-34-24-38-16-10-12-20-46(38)54(50)61-55-47-21-13-11-17-39(47)25-35-51(55)65(45-32-28-43(29-33-45)60(4,5)6)53-37-41(36-52(64)56(53)61)57-48-22-14-15-23-49(48)62-58(63-57)40-18-8-7-9-19-40/h7-37H,1-6H3. The first-order valence-corrected chi connectivity index (χ1v) is 22.9. The molecule has 2 aliphatic rings. The average Bonchev–Trinajstić information content (AvgIpc) is 3.33. The van der Waals surface area contributed by atoms with Crippen LogP contribution in [0, 0.1) is 0 Å². The number of fused-ring (bicyclic) bond motifs is 9. The molecule has 0 amide bonds. The van der Waals surface area contributed by atoms with Crippen LogP contribution in [0.15, 0.2) is 188 Å². The fraction of sp³-hybridized carbons (Fsp3) is 0.133. The van der Waals surface area contributed by atoms with Gasteiger partial charge in [0.2, 0.25) is 0 Å². The van der Waals surface area contributed by atoms with Crippen LogP contribution in [-0.4, -0.2) is 16.7 Å². The molecule has 0 saturated heterocycles. The van der Waals surface area contributed by atoms with Crippen molar-refractivity contribution in [3.63, 3.8) is 0 Å². The summed E-state index contributed by atoms with van der Waals surface area (Å²) in [6.45, 7) is 13.6. The molecule has 0 aliphatic carbocycles. The van der Waals surface area contributed by atoms with Crippen molar-refractivity contribution in [3.8, 4) is 22.6 Å². The number of hydrogen-bond acceptors (Lipinski definition) is 4. The van der Waals surface area contributed by atoms with Gasteiger partial charge < -0.3 is 9.80 Å². The molecule has 0 bridgehead atoms. The van der Waals surface area contributed by atoms with Gasteiger partial charge in [0.1, 0.15) is 0 Å². The van der Waals surface area contributed by atoms with Crippen molar-refractivity contribution in [2.45, 2.75) is 52.4 Å². The van der Waals surface area contributed by atoms with E-state index < -0.39 is 0 Å². The first-order valence-electron chi connectivity index (χ1n) is 22.9. The Morgan fingerprint density at radius 2 is 0.846 bits per heavy atom. The van der Waals surface area contributed by atoms with Crippen LogP contribution < -0.4 is 26.2 Å². The normalized spacial score (nSPS) is 13.3. The fourth-order valence-corrected chi connectivity index (χ4v) is 10.5. The van der Waals surface area contributed by atoms with E-state index in [1.54, 1.807) is 0 Å². The molecule has 5 heteroatoms. The summed E-state index contributed by atoms with van der Waals surface area (Å²) in [5, 5.41) is 6.02. The highest BCUT2D eigenvalue weighted by Crippen LogP contribution is 2.48. The average molecular weight is 837 g/mol. The van der Waals surface area contributed by atoms with Crippen molar-refractivity contribution in [1.82, 2.24) is 9.97 Å². The highest BCUT2D eigenvalue weighted by Gasteiger charge is 2.45. The van der Waals surface area contributed by atoms with E-state index in [1.807, 2.05) is 6.07 Å². The molecule has 10 aromatic rings. The molecule has 0 fully saturated rings. The molecule has 0 atom stereocenters. The number of para-hydroxylation sites is 1. The number of aromatic nitrogens is 2. The summed E-state index contributed by atoms with van der Waals surface area (Å²) in [5.41, 5.74) is 17.3. The Kier molecular flexibility index (Phi) is 8.74. The number of anilines is 6. The van der Waals surface area contributed by atoms with E-state index in [0.717, 1.165) is 50.5 Å². The lowest BCUT2D eigenvalue weighted by Crippen LogP contribution is -2.61. The molecule has 0 saturated carbocycles. The zero-order valence-corrected chi connectivity index (χ0v) is 37.8. The number of nitrogens with zero attached hydrogens (tertiary/aromatic N) is 4. The summed E-state index contributed by atoms with van der Waals surface area (Å²) in [4.78, 5) is 15.7. The number of benzene rings is 9. The van der Waals surface area contributed by atoms with Gasteiger partial charge in [-0.2, -0.15) is 0 Å². The number of hydrogen-bond donors (Lipinski definition) is 0. The van der Waals surface area contributed by atoms with Gasteiger partial charge in [0.25, 0.3) is 6.71 Å². The van der Waals surface area contributed by atoms with Gasteiger partial charge in [0.05, 0.1) is 11.2 Å². The Morgan fingerprint density at radius 3 is 1.35 bits per heavy atom. The van der Waals surface area contributed by atoms with Crippen molar-refractivity contribution in [1.29, 1.82) is 0 Å². The maximum absolute atomic E-state index is 5.50. The molecule has 65 heavy (non-hydrogen) atoms. The van der Waals surface area contributed by atoms with E-state index >= 15 is 0 Å². The quantitative estimate of drug-likeness (QED) is 0.165. The topological polar surface area (TPSA) is 32.3 Å². The second-order valence-electron chi connectivity index (χ2n) is 19.8. The molecular weight excluding hydrogens is 787 g/mol. The van der Waals surface area contributed by atoms with Gasteiger partial charge in [-0.25, -0.2) is 9.97 Å². The summed E-state index contributed by atoms with van der Waals surface area (Å²) in [6, 6.07) is 69.4. The zero-order valence-electron chi connectivity index (χ0n) is 37.8. The third-order valence-electron chi connectivity index (χ3n) is 13.8. The zero-order chi connectivity index (χ0) is 44.2. The van der Waals surface area contributed by atoms with Crippen LogP contribution in [0.5, 0.6) is 0 Å². The van der Waals surface area contributed by atoms with Gasteiger partial charge in [-0.3, -0.25) is 0 Å². The van der Waals surface area contributed by atoms with E-state index in [4.69, 9.17) is 9.97 Å². The second-order valence-corrected chi connectivity index (χ2v) is 19.8. The smallest absolute Gasteiger partial charge is 0.253 e. The van der Waals surface area contributed by atoms with Crippen molar-refractivity contribution in [2.75, 3.05) is 9.80 Å². The highest BCUT2D eigenvalue weighted by molar-refractivity contribution is 7.03. The maximum atomic E-state index is 5.50. The van der Waals surface area contributed by atoms with Crippen LogP contribution in [0.4, 0.5) is 34.1 Å². The fourth-order valence-electron chi connectivity index (χ4n) is 10.5.